The number of carbonyl (C=O) groups is 3. The molecule has 0 bridgehead atoms. The van der Waals surface area contributed by atoms with Crippen molar-refractivity contribution in [2.24, 2.45) is 11.8 Å². The molecule has 0 aliphatic heterocycles. The Labute approximate surface area is 171 Å². The zero-order chi connectivity index (χ0) is 21.4. The summed E-state index contributed by atoms with van der Waals surface area (Å²) in [5.41, 5.74) is -0.687. The molecule has 0 heterocycles. The van der Waals surface area contributed by atoms with E-state index in [1.165, 1.54) is 7.11 Å². The van der Waals surface area contributed by atoms with Crippen molar-refractivity contribution in [3.05, 3.63) is 48.6 Å². The predicted octanol–water partition coefficient (Wildman–Crippen LogP) is 2.80. The van der Waals surface area contributed by atoms with Gasteiger partial charge in [0.15, 0.2) is 0 Å². The maximum atomic E-state index is 13.0. The van der Waals surface area contributed by atoms with Crippen LogP contribution in [-0.2, 0) is 19.1 Å². The van der Waals surface area contributed by atoms with E-state index in [0.717, 1.165) is 0 Å². The SMILES string of the molecule is COC(=O)[C@H](CC1C=CC=C1)NC(=O)[C@H](CC1C=CC=C1)NC(=O)OC(C)(C)C. The summed E-state index contributed by atoms with van der Waals surface area (Å²) in [6.07, 6.45) is 15.4. The lowest BCUT2D eigenvalue weighted by molar-refractivity contribution is -0.145. The summed E-state index contributed by atoms with van der Waals surface area (Å²) in [7, 11) is 1.28. The van der Waals surface area contributed by atoms with Gasteiger partial charge >= 0.3 is 12.1 Å². The number of rotatable bonds is 8. The zero-order valence-electron chi connectivity index (χ0n) is 17.4. The highest BCUT2D eigenvalue weighted by Gasteiger charge is 2.31. The van der Waals surface area contributed by atoms with Gasteiger partial charge in [0.2, 0.25) is 5.91 Å². The van der Waals surface area contributed by atoms with Crippen LogP contribution in [0.5, 0.6) is 0 Å². The van der Waals surface area contributed by atoms with Gasteiger partial charge in [-0.25, -0.2) is 9.59 Å². The molecule has 0 saturated carbocycles. The first kappa shape index (κ1) is 22.5. The van der Waals surface area contributed by atoms with Gasteiger partial charge in [-0.2, -0.15) is 0 Å². The molecular weight excluding hydrogens is 372 g/mol. The molecule has 0 aromatic carbocycles. The van der Waals surface area contributed by atoms with Gasteiger partial charge in [0.25, 0.3) is 0 Å². The fourth-order valence-electron chi connectivity index (χ4n) is 3.12. The fraction of sp³-hybridized carbons (Fsp3) is 0.500. The third-order valence-corrected chi connectivity index (χ3v) is 4.48. The average Bonchev–Trinajstić information content (AvgIpc) is 3.32. The highest BCUT2D eigenvalue weighted by Crippen LogP contribution is 2.19. The Bertz CT molecular complexity index is 706. The lowest BCUT2D eigenvalue weighted by Gasteiger charge is -2.26. The van der Waals surface area contributed by atoms with Crippen LogP contribution in [0.3, 0.4) is 0 Å². The monoisotopic (exact) mass is 402 g/mol. The van der Waals surface area contributed by atoms with E-state index in [-0.39, 0.29) is 11.8 Å². The summed E-state index contributed by atoms with van der Waals surface area (Å²) in [5.74, 6) is -0.926. The minimum absolute atomic E-state index is 0.0120. The van der Waals surface area contributed by atoms with Crippen LogP contribution in [0.25, 0.3) is 0 Å². The molecule has 29 heavy (non-hydrogen) atoms. The highest BCUT2D eigenvalue weighted by molar-refractivity contribution is 5.89. The van der Waals surface area contributed by atoms with Crippen molar-refractivity contribution in [1.29, 1.82) is 0 Å². The lowest BCUT2D eigenvalue weighted by atomic mass is 9.98. The number of alkyl carbamates (subject to hydrolysis) is 1. The standard InChI is InChI=1S/C22H30N2O5/c1-22(2,3)29-21(27)24-17(13-15-9-5-6-10-15)19(25)23-18(20(26)28-4)14-16-11-7-8-12-16/h5-12,15-18H,13-14H2,1-4H3,(H,23,25)(H,24,27)/t17-,18-/m0/s1. The number of carbonyl (C=O) groups excluding carboxylic acids is 3. The predicted molar refractivity (Wildman–Crippen MR) is 110 cm³/mol. The molecule has 2 aliphatic carbocycles. The second-order valence-electron chi connectivity index (χ2n) is 8.12. The fourth-order valence-corrected chi connectivity index (χ4v) is 3.12. The molecule has 158 valence electrons. The number of nitrogens with one attached hydrogen (secondary N) is 2. The van der Waals surface area contributed by atoms with Gasteiger partial charge in [0.05, 0.1) is 7.11 Å². The topological polar surface area (TPSA) is 93.7 Å². The zero-order valence-corrected chi connectivity index (χ0v) is 17.4. The number of hydrogen-bond donors (Lipinski definition) is 2. The maximum absolute atomic E-state index is 13.0. The first-order valence-corrected chi connectivity index (χ1v) is 9.75. The number of esters is 1. The molecule has 2 N–H and O–H groups in total. The molecule has 2 aliphatic rings. The van der Waals surface area contributed by atoms with Crippen LogP contribution in [0.1, 0.15) is 33.6 Å². The molecule has 0 aromatic heterocycles. The van der Waals surface area contributed by atoms with Crippen molar-refractivity contribution in [2.45, 2.75) is 51.3 Å². The first-order chi connectivity index (χ1) is 13.7. The Morgan fingerprint density at radius 2 is 1.34 bits per heavy atom. The Morgan fingerprint density at radius 1 is 0.862 bits per heavy atom. The number of ether oxygens (including phenoxy) is 2. The third kappa shape index (κ3) is 7.60. The molecule has 7 heteroatoms. The normalized spacial score (nSPS) is 17.9. The van der Waals surface area contributed by atoms with Crippen LogP contribution in [0.4, 0.5) is 4.79 Å². The second-order valence-corrected chi connectivity index (χ2v) is 8.12. The Morgan fingerprint density at radius 3 is 1.79 bits per heavy atom. The van der Waals surface area contributed by atoms with Crippen LogP contribution >= 0.6 is 0 Å². The highest BCUT2D eigenvalue weighted by atomic mass is 16.6. The van der Waals surface area contributed by atoms with E-state index in [0.29, 0.717) is 12.8 Å². The van der Waals surface area contributed by atoms with Gasteiger partial charge in [-0.1, -0.05) is 48.6 Å². The van der Waals surface area contributed by atoms with Crippen molar-refractivity contribution in [3.8, 4) is 0 Å². The number of hydrogen-bond acceptors (Lipinski definition) is 5. The van der Waals surface area contributed by atoms with E-state index < -0.39 is 35.7 Å². The minimum atomic E-state index is -0.857. The summed E-state index contributed by atoms with van der Waals surface area (Å²) in [5, 5.41) is 5.37. The largest absolute Gasteiger partial charge is 0.467 e. The summed E-state index contributed by atoms with van der Waals surface area (Å²) in [6, 6.07) is -1.67. The molecule has 0 unspecified atom stereocenters. The Kier molecular flexibility index (Phi) is 7.82. The van der Waals surface area contributed by atoms with E-state index in [1.807, 2.05) is 48.6 Å². The van der Waals surface area contributed by atoms with Gasteiger partial charge in [-0.15, -0.1) is 0 Å². The summed E-state index contributed by atoms with van der Waals surface area (Å²) in [6.45, 7) is 5.25. The molecule has 0 fully saturated rings. The number of amides is 2. The van der Waals surface area contributed by atoms with Crippen LogP contribution in [0.2, 0.25) is 0 Å². The van der Waals surface area contributed by atoms with Crippen molar-refractivity contribution in [1.82, 2.24) is 10.6 Å². The van der Waals surface area contributed by atoms with Gasteiger partial charge in [-0.05, 0) is 45.4 Å². The molecule has 2 amide bonds. The van der Waals surface area contributed by atoms with E-state index >= 15 is 0 Å². The van der Waals surface area contributed by atoms with Crippen LogP contribution in [0.15, 0.2) is 48.6 Å². The summed E-state index contributed by atoms with van der Waals surface area (Å²) >= 11 is 0. The Hall–Kier alpha value is -2.83. The number of allylic oxidation sites excluding steroid dienone is 8. The lowest BCUT2D eigenvalue weighted by Crippen LogP contribution is -2.53. The van der Waals surface area contributed by atoms with E-state index in [4.69, 9.17) is 9.47 Å². The maximum Gasteiger partial charge on any atom is 0.408 e. The summed E-state index contributed by atoms with van der Waals surface area (Å²) in [4.78, 5) is 37.4. The van der Waals surface area contributed by atoms with Gasteiger partial charge in [0.1, 0.15) is 17.7 Å². The molecule has 0 radical (unpaired) electrons. The molecule has 0 saturated heterocycles. The molecule has 2 atom stereocenters. The van der Waals surface area contributed by atoms with Gasteiger partial charge < -0.3 is 20.1 Å². The van der Waals surface area contributed by atoms with Gasteiger partial charge in [-0.3, -0.25) is 4.79 Å². The molecule has 0 spiro atoms. The van der Waals surface area contributed by atoms with E-state index in [1.54, 1.807) is 20.8 Å². The molecule has 2 rings (SSSR count). The second kappa shape index (κ2) is 10.1. The molecule has 7 nitrogen and oxygen atoms in total. The van der Waals surface area contributed by atoms with Crippen molar-refractivity contribution < 1.29 is 23.9 Å². The Balaban J connectivity index is 2.08. The first-order valence-electron chi connectivity index (χ1n) is 9.75. The quantitative estimate of drug-likeness (QED) is 0.609. The van der Waals surface area contributed by atoms with Crippen molar-refractivity contribution >= 4 is 18.0 Å². The van der Waals surface area contributed by atoms with Crippen molar-refractivity contribution in [2.75, 3.05) is 7.11 Å². The molecular formula is C22H30N2O5. The minimum Gasteiger partial charge on any atom is -0.467 e. The van der Waals surface area contributed by atoms with Crippen LogP contribution in [-0.4, -0.2) is 42.8 Å². The smallest absolute Gasteiger partial charge is 0.408 e. The third-order valence-electron chi connectivity index (χ3n) is 4.48. The van der Waals surface area contributed by atoms with E-state index in [9.17, 15) is 14.4 Å². The van der Waals surface area contributed by atoms with Gasteiger partial charge in [0, 0.05) is 0 Å². The van der Waals surface area contributed by atoms with Crippen LogP contribution in [0, 0.1) is 11.8 Å². The van der Waals surface area contributed by atoms with E-state index in [2.05, 4.69) is 10.6 Å². The van der Waals surface area contributed by atoms with Crippen LogP contribution < -0.4 is 10.6 Å². The summed E-state index contributed by atoms with van der Waals surface area (Å²) < 4.78 is 10.1. The molecule has 0 aromatic rings. The van der Waals surface area contributed by atoms with Crippen molar-refractivity contribution in [3.63, 3.8) is 0 Å². The average molecular weight is 402 g/mol. The number of methoxy groups -OCH3 is 1.